The van der Waals surface area contributed by atoms with Gasteiger partial charge in [-0.2, -0.15) is 5.10 Å². The summed E-state index contributed by atoms with van der Waals surface area (Å²) in [5.74, 6) is -0.126. The summed E-state index contributed by atoms with van der Waals surface area (Å²) < 4.78 is 0. The van der Waals surface area contributed by atoms with Crippen molar-refractivity contribution in [2.75, 3.05) is 5.32 Å². The van der Waals surface area contributed by atoms with Crippen LogP contribution in [0.2, 0.25) is 0 Å². The van der Waals surface area contributed by atoms with E-state index in [4.69, 9.17) is 0 Å². The highest BCUT2D eigenvalue weighted by Crippen LogP contribution is 2.14. The van der Waals surface area contributed by atoms with Crippen LogP contribution < -0.4 is 5.32 Å². The molecular formula is C13H15N3O. The Bertz CT molecular complexity index is 538. The van der Waals surface area contributed by atoms with Crippen molar-refractivity contribution in [1.29, 1.82) is 0 Å². The van der Waals surface area contributed by atoms with Crippen molar-refractivity contribution in [3.63, 3.8) is 0 Å². The van der Waals surface area contributed by atoms with Gasteiger partial charge in [0, 0.05) is 11.4 Å². The van der Waals surface area contributed by atoms with Gasteiger partial charge in [0.05, 0.1) is 11.3 Å². The van der Waals surface area contributed by atoms with Gasteiger partial charge in [-0.15, -0.1) is 0 Å². The Kier molecular flexibility index (Phi) is 2.95. The van der Waals surface area contributed by atoms with Gasteiger partial charge < -0.3 is 5.32 Å². The van der Waals surface area contributed by atoms with E-state index in [1.54, 1.807) is 0 Å². The van der Waals surface area contributed by atoms with Crippen LogP contribution in [0.5, 0.6) is 0 Å². The fourth-order valence-electron chi connectivity index (χ4n) is 1.80. The molecular weight excluding hydrogens is 214 g/mol. The minimum Gasteiger partial charge on any atom is -0.322 e. The van der Waals surface area contributed by atoms with Crippen molar-refractivity contribution in [2.45, 2.75) is 20.8 Å². The van der Waals surface area contributed by atoms with Crippen molar-refractivity contribution >= 4 is 11.6 Å². The Balaban J connectivity index is 2.23. The number of amides is 1. The maximum atomic E-state index is 12.1. The first-order valence-electron chi connectivity index (χ1n) is 5.47. The van der Waals surface area contributed by atoms with Crippen LogP contribution in [0.4, 0.5) is 5.69 Å². The highest BCUT2D eigenvalue weighted by molar-refractivity contribution is 6.05. The molecule has 0 bridgehead atoms. The average molecular weight is 229 g/mol. The van der Waals surface area contributed by atoms with Crippen LogP contribution in [0.1, 0.15) is 27.3 Å². The maximum Gasteiger partial charge on any atom is 0.259 e. The Labute approximate surface area is 100 Å². The summed E-state index contributed by atoms with van der Waals surface area (Å²) in [6, 6.07) is 7.71. The van der Waals surface area contributed by atoms with E-state index in [0.717, 1.165) is 16.9 Å². The summed E-state index contributed by atoms with van der Waals surface area (Å²) in [6.07, 6.45) is 0. The predicted molar refractivity (Wildman–Crippen MR) is 67.2 cm³/mol. The number of aryl methyl sites for hydroxylation is 3. The fourth-order valence-corrected chi connectivity index (χ4v) is 1.80. The van der Waals surface area contributed by atoms with Crippen LogP contribution >= 0.6 is 0 Å². The molecule has 2 N–H and O–H groups in total. The zero-order valence-electron chi connectivity index (χ0n) is 10.2. The molecule has 0 fully saturated rings. The largest absolute Gasteiger partial charge is 0.322 e. The topological polar surface area (TPSA) is 57.8 Å². The molecule has 0 aliphatic rings. The van der Waals surface area contributed by atoms with Crippen LogP contribution in [0.25, 0.3) is 0 Å². The Morgan fingerprint density at radius 3 is 2.65 bits per heavy atom. The van der Waals surface area contributed by atoms with E-state index in [0.29, 0.717) is 11.3 Å². The average Bonchev–Trinajstić information content (AvgIpc) is 2.58. The number of hydrogen-bond acceptors (Lipinski definition) is 2. The van der Waals surface area contributed by atoms with Crippen molar-refractivity contribution in [1.82, 2.24) is 10.2 Å². The number of nitrogens with one attached hydrogen (secondary N) is 2. The standard InChI is InChI=1S/C13H15N3O/c1-8-5-4-6-11(7-8)14-13(17)12-9(2)15-16-10(12)3/h4-7H,1-3H3,(H,14,17)(H,15,16). The van der Waals surface area contributed by atoms with Crippen LogP contribution in [0.15, 0.2) is 24.3 Å². The summed E-state index contributed by atoms with van der Waals surface area (Å²) in [6.45, 7) is 5.64. The molecule has 1 heterocycles. The monoisotopic (exact) mass is 229 g/mol. The minimum atomic E-state index is -0.126. The number of aromatic amines is 1. The molecule has 4 heteroatoms. The lowest BCUT2D eigenvalue weighted by Gasteiger charge is -2.05. The minimum absolute atomic E-state index is 0.126. The summed E-state index contributed by atoms with van der Waals surface area (Å²) in [5.41, 5.74) is 4.03. The third kappa shape index (κ3) is 2.36. The first-order valence-corrected chi connectivity index (χ1v) is 5.47. The highest BCUT2D eigenvalue weighted by atomic mass is 16.1. The molecule has 1 aromatic heterocycles. The number of hydrogen-bond donors (Lipinski definition) is 2. The number of aromatic nitrogens is 2. The SMILES string of the molecule is Cc1cccc(NC(=O)c2c(C)n[nH]c2C)c1. The van der Waals surface area contributed by atoms with Gasteiger partial charge >= 0.3 is 0 Å². The van der Waals surface area contributed by atoms with E-state index in [2.05, 4.69) is 15.5 Å². The zero-order chi connectivity index (χ0) is 12.4. The van der Waals surface area contributed by atoms with Gasteiger partial charge in [-0.3, -0.25) is 9.89 Å². The summed E-state index contributed by atoms with van der Waals surface area (Å²) in [7, 11) is 0. The molecule has 0 spiro atoms. The number of nitrogens with zero attached hydrogens (tertiary/aromatic N) is 1. The van der Waals surface area contributed by atoms with E-state index >= 15 is 0 Å². The lowest BCUT2D eigenvalue weighted by Crippen LogP contribution is -2.13. The van der Waals surface area contributed by atoms with E-state index in [1.165, 1.54) is 0 Å². The van der Waals surface area contributed by atoms with Gasteiger partial charge in [-0.25, -0.2) is 0 Å². The second kappa shape index (κ2) is 4.41. The second-order valence-corrected chi connectivity index (χ2v) is 4.13. The molecule has 0 aliphatic carbocycles. The maximum absolute atomic E-state index is 12.1. The normalized spacial score (nSPS) is 10.3. The third-order valence-electron chi connectivity index (χ3n) is 2.63. The molecule has 0 radical (unpaired) electrons. The third-order valence-corrected chi connectivity index (χ3v) is 2.63. The zero-order valence-corrected chi connectivity index (χ0v) is 10.2. The van der Waals surface area contributed by atoms with Gasteiger partial charge in [0.25, 0.3) is 5.91 Å². The molecule has 0 atom stereocenters. The smallest absolute Gasteiger partial charge is 0.259 e. The van der Waals surface area contributed by atoms with Crippen molar-refractivity contribution in [2.24, 2.45) is 0 Å². The molecule has 0 unspecified atom stereocenters. The van der Waals surface area contributed by atoms with Gasteiger partial charge in [0.15, 0.2) is 0 Å². The fraction of sp³-hybridized carbons (Fsp3) is 0.231. The van der Waals surface area contributed by atoms with E-state index < -0.39 is 0 Å². The molecule has 0 saturated heterocycles. The molecule has 0 aliphatic heterocycles. The van der Waals surface area contributed by atoms with Crippen LogP contribution in [0, 0.1) is 20.8 Å². The Morgan fingerprint density at radius 2 is 2.06 bits per heavy atom. The summed E-state index contributed by atoms with van der Waals surface area (Å²) in [4.78, 5) is 12.1. The molecule has 1 amide bonds. The molecule has 2 rings (SSSR count). The molecule has 2 aromatic rings. The molecule has 88 valence electrons. The predicted octanol–water partition coefficient (Wildman–Crippen LogP) is 2.59. The van der Waals surface area contributed by atoms with Crippen LogP contribution in [0.3, 0.4) is 0 Å². The Hall–Kier alpha value is -2.10. The lowest BCUT2D eigenvalue weighted by atomic mass is 10.1. The summed E-state index contributed by atoms with van der Waals surface area (Å²) in [5, 5.41) is 9.68. The van der Waals surface area contributed by atoms with Crippen molar-refractivity contribution < 1.29 is 4.79 Å². The second-order valence-electron chi connectivity index (χ2n) is 4.13. The van der Waals surface area contributed by atoms with E-state index in [-0.39, 0.29) is 5.91 Å². The number of anilines is 1. The lowest BCUT2D eigenvalue weighted by molar-refractivity contribution is 0.102. The van der Waals surface area contributed by atoms with Crippen molar-refractivity contribution in [3.05, 3.63) is 46.8 Å². The van der Waals surface area contributed by atoms with E-state index in [9.17, 15) is 4.79 Å². The number of H-pyrrole nitrogens is 1. The van der Waals surface area contributed by atoms with Crippen LogP contribution in [-0.2, 0) is 0 Å². The first-order chi connectivity index (χ1) is 8.08. The van der Waals surface area contributed by atoms with E-state index in [1.807, 2.05) is 45.0 Å². The van der Waals surface area contributed by atoms with Gasteiger partial charge in [-0.05, 0) is 38.5 Å². The molecule has 4 nitrogen and oxygen atoms in total. The summed E-state index contributed by atoms with van der Waals surface area (Å²) >= 11 is 0. The first kappa shape index (κ1) is 11.4. The number of carbonyl (C=O) groups excluding carboxylic acids is 1. The highest BCUT2D eigenvalue weighted by Gasteiger charge is 2.15. The van der Waals surface area contributed by atoms with Crippen LogP contribution in [-0.4, -0.2) is 16.1 Å². The number of benzene rings is 1. The number of carbonyl (C=O) groups is 1. The molecule has 0 saturated carbocycles. The molecule has 1 aromatic carbocycles. The quantitative estimate of drug-likeness (QED) is 0.831. The number of rotatable bonds is 2. The van der Waals surface area contributed by atoms with Gasteiger partial charge in [-0.1, -0.05) is 12.1 Å². The molecule has 17 heavy (non-hydrogen) atoms. The van der Waals surface area contributed by atoms with Crippen molar-refractivity contribution in [3.8, 4) is 0 Å². The van der Waals surface area contributed by atoms with Gasteiger partial charge in [0.1, 0.15) is 0 Å². The Morgan fingerprint density at radius 1 is 1.29 bits per heavy atom. The van der Waals surface area contributed by atoms with Gasteiger partial charge in [0.2, 0.25) is 0 Å².